The van der Waals surface area contributed by atoms with Gasteiger partial charge in [0.15, 0.2) is 5.78 Å². The summed E-state index contributed by atoms with van der Waals surface area (Å²) >= 11 is 0. The summed E-state index contributed by atoms with van der Waals surface area (Å²) in [6, 6.07) is 6.43. The molecular weight excluding hydrogens is 363 g/mol. The van der Waals surface area contributed by atoms with Crippen molar-refractivity contribution in [3.05, 3.63) is 52.9 Å². The van der Waals surface area contributed by atoms with Crippen LogP contribution in [0.5, 0.6) is 0 Å². The molecule has 5 rings (SSSR count). The number of fused-ring (bicyclic) bond motifs is 5. The number of ketones is 1. The molecule has 0 aromatic heterocycles. The summed E-state index contributed by atoms with van der Waals surface area (Å²) in [5.74, 6) is 1.61. The minimum atomic E-state index is -0.261. The lowest BCUT2D eigenvalue weighted by Crippen LogP contribution is -2.50. The molecule has 6 unspecified atom stereocenters. The maximum absolute atomic E-state index is 13.4. The first-order valence-electron chi connectivity index (χ1n) is 11.2. The van der Waals surface area contributed by atoms with E-state index in [9.17, 15) is 14.3 Å². The van der Waals surface area contributed by atoms with Crippen molar-refractivity contribution in [2.45, 2.75) is 64.9 Å². The fourth-order valence-corrected chi connectivity index (χ4v) is 7.20. The molecule has 4 aliphatic rings. The quantitative estimate of drug-likeness (QED) is 0.489. The number of rotatable bonds is 1. The smallest absolute Gasteiger partial charge is 0.165 e. The third-order valence-corrected chi connectivity index (χ3v) is 8.93. The Balaban J connectivity index is 1.47. The van der Waals surface area contributed by atoms with Crippen LogP contribution in [0.1, 0.15) is 64.4 Å². The van der Waals surface area contributed by atoms with Crippen LogP contribution in [-0.4, -0.2) is 17.0 Å². The van der Waals surface area contributed by atoms with Gasteiger partial charge in [0.1, 0.15) is 5.82 Å². The predicted molar refractivity (Wildman–Crippen MR) is 112 cm³/mol. The van der Waals surface area contributed by atoms with Crippen LogP contribution in [-0.2, 0) is 4.79 Å². The summed E-state index contributed by atoms with van der Waals surface area (Å²) in [5.41, 5.74) is 3.22. The maximum Gasteiger partial charge on any atom is 0.165 e. The van der Waals surface area contributed by atoms with Gasteiger partial charge in [-0.15, -0.1) is 0 Å². The van der Waals surface area contributed by atoms with E-state index in [1.165, 1.54) is 17.7 Å². The fourth-order valence-electron chi connectivity index (χ4n) is 7.20. The van der Waals surface area contributed by atoms with Gasteiger partial charge in [-0.2, -0.15) is 0 Å². The summed E-state index contributed by atoms with van der Waals surface area (Å²) in [4.78, 5) is 13.4. The van der Waals surface area contributed by atoms with Gasteiger partial charge in [-0.3, -0.25) is 4.79 Å². The number of hydrogen-bond donors (Lipinski definition) is 1. The highest BCUT2D eigenvalue weighted by Gasteiger charge is 2.59. The molecule has 1 aromatic carbocycles. The van der Waals surface area contributed by atoms with Gasteiger partial charge in [0.05, 0.1) is 6.10 Å². The molecule has 0 saturated heterocycles. The lowest BCUT2D eigenvalue weighted by Gasteiger charge is -2.56. The first-order chi connectivity index (χ1) is 13.8. The molecule has 6 atom stereocenters. The first kappa shape index (κ1) is 19.2. The van der Waals surface area contributed by atoms with E-state index in [-0.39, 0.29) is 22.8 Å². The molecule has 0 spiro atoms. The number of Topliss-reactive ketones (excluding diaryl/α,β-unsaturated/α-hetero) is 1. The van der Waals surface area contributed by atoms with E-state index in [0.29, 0.717) is 23.5 Å². The van der Waals surface area contributed by atoms with E-state index in [1.54, 1.807) is 12.1 Å². The lowest BCUT2D eigenvalue weighted by atomic mass is 9.48. The second-order valence-electron chi connectivity index (χ2n) is 10.4. The van der Waals surface area contributed by atoms with Gasteiger partial charge in [0, 0.05) is 5.41 Å². The van der Waals surface area contributed by atoms with Crippen LogP contribution in [0, 0.1) is 34.4 Å². The van der Waals surface area contributed by atoms with E-state index < -0.39 is 0 Å². The third kappa shape index (κ3) is 2.88. The molecule has 0 bridgehead atoms. The number of aliphatic hydroxyl groups excluding tert-OH is 1. The van der Waals surface area contributed by atoms with E-state index in [0.717, 1.165) is 56.1 Å². The summed E-state index contributed by atoms with van der Waals surface area (Å²) in [5, 5.41) is 10.2. The molecular formula is C26H31FO2. The summed E-state index contributed by atoms with van der Waals surface area (Å²) < 4.78 is 13.3. The predicted octanol–water partition coefficient (Wildman–Crippen LogP) is 5.71. The summed E-state index contributed by atoms with van der Waals surface area (Å²) in [6.07, 6.45) is 11.0. The normalized spacial score (nSPS) is 42.8. The van der Waals surface area contributed by atoms with Crippen molar-refractivity contribution in [2.24, 2.45) is 28.6 Å². The van der Waals surface area contributed by atoms with E-state index >= 15 is 0 Å². The van der Waals surface area contributed by atoms with Crippen molar-refractivity contribution in [1.82, 2.24) is 0 Å². The fraction of sp³-hybridized carbons (Fsp3) is 0.577. The Labute approximate surface area is 172 Å². The van der Waals surface area contributed by atoms with Crippen molar-refractivity contribution in [1.29, 1.82) is 0 Å². The average Bonchev–Trinajstić information content (AvgIpc) is 2.95. The van der Waals surface area contributed by atoms with Crippen LogP contribution in [0.25, 0.3) is 6.08 Å². The Kier molecular flexibility index (Phi) is 4.40. The highest BCUT2D eigenvalue weighted by Crippen LogP contribution is 2.64. The molecule has 154 valence electrons. The standard InChI is InChI=1S/C26H31FO2/c1-25-11-9-20(28)15-18(25)5-8-21-22(25)10-12-26(2)23(21)14-17(24(26)29)13-16-3-6-19(27)7-4-16/h3-7,13,20-23,28H,8-12,14-15H2,1-2H3. The van der Waals surface area contributed by atoms with Gasteiger partial charge in [0.25, 0.3) is 0 Å². The van der Waals surface area contributed by atoms with Gasteiger partial charge in [-0.25, -0.2) is 4.39 Å². The number of carbonyl (C=O) groups is 1. The average molecular weight is 395 g/mol. The Hall–Kier alpha value is -1.74. The molecule has 4 aliphatic carbocycles. The number of aliphatic hydroxyl groups is 1. The van der Waals surface area contributed by atoms with Crippen LogP contribution in [0.15, 0.2) is 41.5 Å². The van der Waals surface area contributed by atoms with E-state index in [4.69, 9.17) is 0 Å². The molecule has 1 N–H and O–H groups in total. The van der Waals surface area contributed by atoms with E-state index in [1.807, 2.05) is 6.08 Å². The van der Waals surface area contributed by atoms with Crippen molar-refractivity contribution in [3.8, 4) is 0 Å². The Morgan fingerprint density at radius 1 is 1.03 bits per heavy atom. The highest BCUT2D eigenvalue weighted by molar-refractivity contribution is 6.05. The van der Waals surface area contributed by atoms with Gasteiger partial charge in [0.2, 0.25) is 0 Å². The van der Waals surface area contributed by atoms with E-state index in [2.05, 4.69) is 19.9 Å². The van der Waals surface area contributed by atoms with Gasteiger partial charge in [-0.1, -0.05) is 37.6 Å². The lowest BCUT2D eigenvalue weighted by molar-refractivity contribution is -0.130. The molecule has 0 amide bonds. The largest absolute Gasteiger partial charge is 0.393 e. The molecule has 0 heterocycles. The zero-order valence-electron chi connectivity index (χ0n) is 17.5. The molecule has 2 nitrogen and oxygen atoms in total. The van der Waals surface area contributed by atoms with Crippen LogP contribution < -0.4 is 0 Å². The number of carbonyl (C=O) groups excluding carboxylic acids is 1. The summed E-state index contributed by atoms with van der Waals surface area (Å²) in [6.45, 7) is 4.60. The SMILES string of the molecule is CC12CCC3C(CC=C4CC(O)CCC43C)C1CC(=Cc1ccc(F)cc1)C2=O. The summed E-state index contributed by atoms with van der Waals surface area (Å²) in [7, 11) is 0. The van der Waals surface area contributed by atoms with Crippen molar-refractivity contribution < 1.29 is 14.3 Å². The zero-order valence-corrected chi connectivity index (χ0v) is 17.5. The van der Waals surface area contributed by atoms with Crippen molar-refractivity contribution in [2.75, 3.05) is 0 Å². The monoisotopic (exact) mass is 394 g/mol. The van der Waals surface area contributed by atoms with Crippen molar-refractivity contribution in [3.63, 3.8) is 0 Å². The highest BCUT2D eigenvalue weighted by atomic mass is 19.1. The molecule has 3 saturated carbocycles. The Morgan fingerprint density at radius 3 is 2.52 bits per heavy atom. The molecule has 3 heteroatoms. The Morgan fingerprint density at radius 2 is 1.76 bits per heavy atom. The zero-order chi connectivity index (χ0) is 20.4. The molecule has 29 heavy (non-hydrogen) atoms. The minimum Gasteiger partial charge on any atom is -0.393 e. The number of allylic oxidation sites excluding steroid dienone is 2. The number of benzene rings is 1. The topological polar surface area (TPSA) is 37.3 Å². The minimum absolute atomic E-state index is 0.182. The number of halogens is 1. The second kappa shape index (κ2) is 6.63. The van der Waals surface area contributed by atoms with Crippen LogP contribution in [0.4, 0.5) is 4.39 Å². The second-order valence-corrected chi connectivity index (χ2v) is 10.4. The van der Waals surface area contributed by atoms with Gasteiger partial charge >= 0.3 is 0 Å². The van der Waals surface area contributed by atoms with Crippen LogP contribution in [0.3, 0.4) is 0 Å². The number of hydrogen-bond acceptors (Lipinski definition) is 2. The molecule has 0 radical (unpaired) electrons. The van der Waals surface area contributed by atoms with Gasteiger partial charge in [-0.05, 0) is 97.5 Å². The molecule has 0 aliphatic heterocycles. The maximum atomic E-state index is 13.4. The van der Waals surface area contributed by atoms with Crippen molar-refractivity contribution >= 4 is 11.9 Å². The Bertz CT molecular complexity index is 898. The third-order valence-electron chi connectivity index (χ3n) is 8.93. The van der Waals surface area contributed by atoms with Crippen LogP contribution >= 0.6 is 0 Å². The molecule has 1 aromatic rings. The molecule has 3 fully saturated rings. The van der Waals surface area contributed by atoms with Crippen LogP contribution in [0.2, 0.25) is 0 Å². The van der Waals surface area contributed by atoms with Gasteiger partial charge < -0.3 is 5.11 Å². The first-order valence-corrected chi connectivity index (χ1v) is 11.2.